The number of unbranched alkanes of at least 4 members (excludes halogenated alkanes) is 30. The summed E-state index contributed by atoms with van der Waals surface area (Å²) in [6.07, 6.45) is 49.7. The highest BCUT2D eigenvalue weighted by molar-refractivity contribution is 7.47. The number of aliphatic hydroxyl groups excluding tert-OH is 1. The monoisotopic (exact) mass is 842 g/mol. The van der Waals surface area contributed by atoms with Gasteiger partial charge in [-0.05, 0) is 32.1 Å². The van der Waals surface area contributed by atoms with E-state index in [1.54, 1.807) is 6.08 Å². The number of quaternary nitrogens is 1. The number of carbonyl (C=O) groups is 1. The molecule has 0 rings (SSSR count). The van der Waals surface area contributed by atoms with Gasteiger partial charge in [0.25, 0.3) is 0 Å². The fraction of sp³-hybridized carbons (Fsp3) is 0.898. The number of phosphoric acid groups is 1. The Morgan fingerprint density at radius 2 is 0.948 bits per heavy atom. The lowest BCUT2D eigenvalue weighted by atomic mass is 10.0. The average molecular weight is 842 g/mol. The quantitative estimate of drug-likeness (QED) is 0.0244. The van der Waals surface area contributed by atoms with Crippen molar-refractivity contribution in [3.8, 4) is 0 Å². The van der Waals surface area contributed by atoms with Crippen LogP contribution < -0.4 is 5.32 Å². The van der Waals surface area contributed by atoms with Gasteiger partial charge in [0.15, 0.2) is 0 Å². The summed E-state index contributed by atoms with van der Waals surface area (Å²) in [5.74, 6) is -0.183. The van der Waals surface area contributed by atoms with Crippen LogP contribution in [0.25, 0.3) is 0 Å². The molecule has 0 aliphatic carbocycles. The Bertz CT molecular complexity index is 1000. The first-order valence-corrected chi connectivity index (χ1v) is 26.2. The summed E-state index contributed by atoms with van der Waals surface area (Å²) in [6, 6.07) is -0.858. The zero-order valence-corrected chi connectivity index (χ0v) is 39.9. The van der Waals surface area contributed by atoms with Crippen molar-refractivity contribution in [3.05, 3.63) is 24.3 Å². The van der Waals surface area contributed by atoms with Gasteiger partial charge in [-0.3, -0.25) is 13.8 Å². The van der Waals surface area contributed by atoms with Crippen LogP contribution in [0.15, 0.2) is 24.3 Å². The van der Waals surface area contributed by atoms with E-state index in [1.807, 2.05) is 27.2 Å². The third kappa shape index (κ3) is 43.1. The molecule has 0 fully saturated rings. The number of amides is 1. The molecule has 0 radical (unpaired) electrons. The molecule has 3 unspecified atom stereocenters. The van der Waals surface area contributed by atoms with E-state index in [0.717, 1.165) is 38.5 Å². The molecule has 0 aliphatic rings. The second-order valence-corrected chi connectivity index (χ2v) is 19.6. The number of hydrogen-bond donors (Lipinski definition) is 3. The molecular formula is C49H98N2O6P+. The predicted molar refractivity (Wildman–Crippen MR) is 249 cm³/mol. The van der Waals surface area contributed by atoms with E-state index < -0.39 is 20.0 Å². The Kier molecular flexibility index (Phi) is 40.6. The highest BCUT2D eigenvalue weighted by atomic mass is 31.2. The smallest absolute Gasteiger partial charge is 0.387 e. The van der Waals surface area contributed by atoms with Gasteiger partial charge < -0.3 is 19.8 Å². The Balaban J connectivity index is 4.34. The van der Waals surface area contributed by atoms with Crippen molar-refractivity contribution >= 4 is 13.7 Å². The van der Waals surface area contributed by atoms with Crippen molar-refractivity contribution in [1.29, 1.82) is 0 Å². The molecule has 3 N–H and O–H groups in total. The number of hydrogen-bond acceptors (Lipinski definition) is 5. The summed E-state index contributed by atoms with van der Waals surface area (Å²) in [5.41, 5.74) is 0. The number of nitrogens with one attached hydrogen (secondary N) is 1. The number of aliphatic hydroxyl groups is 1. The number of carbonyl (C=O) groups excluding carboxylic acids is 1. The average Bonchev–Trinajstić information content (AvgIpc) is 3.17. The predicted octanol–water partition coefficient (Wildman–Crippen LogP) is 14.1. The molecule has 0 saturated heterocycles. The van der Waals surface area contributed by atoms with Crippen LogP contribution in [0.5, 0.6) is 0 Å². The Labute approximate surface area is 360 Å². The van der Waals surface area contributed by atoms with Crippen LogP contribution >= 0.6 is 7.82 Å². The van der Waals surface area contributed by atoms with E-state index in [1.165, 1.54) is 173 Å². The fourth-order valence-electron chi connectivity index (χ4n) is 7.23. The van der Waals surface area contributed by atoms with Crippen molar-refractivity contribution in [3.63, 3.8) is 0 Å². The zero-order valence-electron chi connectivity index (χ0n) is 39.0. The van der Waals surface area contributed by atoms with Crippen LogP contribution in [-0.4, -0.2) is 73.4 Å². The Morgan fingerprint density at radius 3 is 1.38 bits per heavy atom. The standard InChI is InChI=1S/C49H97N2O6P/c1-6-8-10-12-14-16-18-20-22-24-25-26-27-29-31-33-35-37-39-41-43-49(53)50-47(46-57-58(54,55)56-45-44-51(3,4)5)48(52)42-40-38-36-34-32-30-28-23-21-19-17-15-13-11-9-7-2/h32,34,40,42,47-48,52H,6-31,33,35-39,41,43-46H2,1-5H3,(H-,50,53,54,55)/p+1/b34-32+,42-40+. The maximum Gasteiger partial charge on any atom is 0.472 e. The van der Waals surface area contributed by atoms with Crippen molar-refractivity contribution in [2.45, 2.75) is 244 Å². The molecule has 0 bridgehead atoms. The first-order chi connectivity index (χ1) is 28.0. The number of rotatable bonds is 45. The van der Waals surface area contributed by atoms with E-state index in [4.69, 9.17) is 9.05 Å². The van der Waals surface area contributed by atoms with E-state index in [0.29, 0.717) is 17.4 Å². The SMILES string of the molecule is CCCCCCCCCCCC/C=C/CC/C=C/C(O)C(COP(=O)(O)OCC[N+](C)(C)C)NC(=O)CCCCCCCCCCCCCCCCCCCCCC. The van der Waals surface area contributed by atoms with Gasteiger partial charge in [-0.25, -0.2) is 4.57 Å². The lowest BCUT2D eigenvalue weighted by Crippen LogP contribution is -2.45. The topological polar surface area (TPSA) is 105 Å². The summed E-state index contributed by atoms with van der Waals surface area (Å²) < 4.78 is 23.6. The van der Waals surface area contributed by atoms with Gasteiger partial charge in [0.05, 0.1) is 39.9 Å². The van der Waals surface area contributed by atoms with Crippen molar-refractivity contribution in [2.75, 3.05) is 40.9 Å². The normalized spacial score (nSPS) is 14.4. The second-order valence-electron chi connectivity index (χ2n) is 18.2. The van der Waals surface area contributed by atoms with Crippen molar-refractivity contribution in [2.24, 2.45) is 0 Å². The number of phosphoric ester groups is 1. The van der Waals surface area contributed by atoms with Crippen molar-refractivity contribution < 1.29 is 32.9 Å². The number of likely N-dealkylation sites (N-methyl/N-ethyl adjacent to an activating group) is 1. The van der Waals surface area contributed by atoms with Gasteiger partial charge in [0, 0.05) is 6.42 Å². The summed E-state index contributed by atoms with van der Waals surface area (Å²) in [5, 5.41) is 13.8. The summed E-state index contributed by atoms with van der Waals surface area (Å²) >= 11 is 0. The second kappa shape index (κ2) is 41.3. The van der Waals surface area contributed by atoms with Crippen LogP contribution in [0.3, 0.4) is 0 Å². The molecule has 8 nitrogen and oxygen atoms in total. The maximum atomic E-state index is 12.9. The van der Waals surface area contributed by atoms with E-state index >= 15 is 0 Å². The fourth-order valence-corrected chi connectivity index (χ4v) is 7.97. The third-order valence-electron chi connectivity index (χ3n) is 11.2. The molecule has 9 heteroatoms. The van der Waals surface area contributed by atoms with Gasteiger partial charge in [-0.1, -0.05) is 218 Å². The number of nitrogens with zero attached hydrogens (tertiary/aromatic N) is 1. The van der Waals surface area contributed by atoms with Crippen molar-refractivity contribution in [1.82, 2.24) is 5.32 Å². The summed E-state index contributed by atoms with van der Waals surface area (Å²) in [4.78, 5) is 23.2. The molecule has 344 valence electrons. The third-order valence-corrected chi connectivity index (χ3v) is 12.2. The Hall–Kier alpha value is -1.02. The largest absolute Gasteiger partial charge is 0.472 e. The summed E-state index contributed by atoms with van der Waals surface area (Å²) in [7, 11) is 1.56. The first kappa shape index (κ1) is 57.0. The molecule has 0 saturated carbocycles. The summed E-state index contributed by atoms with van der Waals surface area (Å²) in [6.45, 7) is 4.81. The van der Waals surface area contributed by atoms with Crippen LogP contribution in [0.1, 0.15) is 232 Å². The van der Waals surface area contributed by atoms with Gasteiger partial charge in [-0.15, -0.1) is 0 Å². The molecule has 0 spiro atoms. The highest BCUT2D eigenvalue weighted by Gasteiger charge is 2.27. The molecule has 1 amide bonds. The van der Waals surface area contributed by atoms with E-state index in [-0.39, 0.29) is 19.1 Å². The van der Waals surface area contributed by atoms with Crippen LogP contribution in [-0.2, 0) is 18.4 Å². The zero-order chi connectivity index (χ0) is 42.8. The Morgan fingerprint density at radius 1 is 0.569 bits per heavy atom. The molecule has 0 aliphatic heterocycles. The van der Waals surface area contributed by atoms with Crippen LogP contribution in [0, 0.1) is 0 Å². The van der Waals surface area contributed by atoms with Crippen LogP contribution in [0.4, 0.5) is 0 Å². The molecule has 3 atom stereocenters. The minimum Gasteiger partial charge on any atom is -0.387 e. The molecule has 0 heterocycles. The minimum atomic E-state index is -4.34. The molecule has 0 aromatic rings. The van der Waals surface area contributed by atoms with Gasteiger partial charge in [-0.2, -0.15) is 0 Å². The molecule has 0 aromatic carbocycles. The van der Waals surface area contributed by atoms with Gasteiger partial charge >= 0.3 is 7.82 Å². The van der Waals surface area contributed by atoms with E-state index in [9.17, 15) is 19.4 Å². The lowest BCUT2D eigenvalue weighted by Gasteiger charge is -2.25. The van der Waals surface area contributed by atoms with Gasteiger partial charge in [0.2, 0.25) is 5.91 Å². The van der Waals surface area contributed by atoms with Crippen LogP contribution in [0.2, 0.25) is 0 Å². The lowest BCUT2D eigenvalue weighted by molar-refractivity contribution is -0.870. The van der Waals surface area contributed by atoms with Gasteiger partial charge in [0.1, 0.15) is 13.2 Å². The highest BCUT2D eigenvalue weighted by Crippen LogP contribution is 2.43. The first-order valence-electron chi connectivity index (χ1n) is 24.7. The van der Waals surface area contributed by atoms with E-state index in [2.05, 4.69) is 31.3 Å². The molecule has 58 heavy (non-hydrogen) atoms. The molecular weight excluding hydrogens is 744 g/mol. The number of allylic oxidation sites excluding steroid dienone is 3. The molecule has 0 aromatic heterocycles. The maximum absolute atomic E-state index is 12.9. The minimum absolute atomic E-state index is 0.0584.